The van der Waals surface area contributed by atoms with Gasteiger partial charge in [0.2, 0.25) is 0 Å². The molecule has 0 aromatic heterocycles. The van der Waals surface area contributed by atoms with Crippen molar-refractivity contribution >= 4 is 22.6 Å². The summed E-state index contributed by atoms with van der Waals surface area (Å²) in [6.07, 6.45) is 2.50. The highest BCUT2D eigenvalue weighted by atomic mass is 33.1. The van der Waals surface area contributed by atoms with E-state index in [9.17, 15) is 0 Å². The predicted octanol–water partition coefficient (Wildman–Crippen LogP) is 1.52. The van der Waals surface area contributed by atoms with Gasteiger partial charge in [-0.25, -0.2) is 4.31 Å². The number of nitrogens with zero attached hydrogens (tertiary/aromatic N) is 2. The molecule has 0 atom stereocenters. The summed E-state index contributed by atoms with van der Waals surface area (Å²) in [6.45, 7) is 7.91. The molecule has 5 heteroatoms. The Morgan fingerprint density at radius 3 is 2.40 bits per heavy atom. The van der Waals surface area contributed by atoms with E-state index in [1.807, 2.05) is 0 Å². The first kappa shape index (κ1) is 12.0. The highest BCUT2D eigenvalue weighted by Crippen LogP contribution is 2.20. The summed E-state index contributed by atoms with van der Waals surface area (Å²) < 4.78 is 7.71. The monoisotopic (exact) mass is 248 g/mol. The Morgan fingerprint density at radius 1 is 1.13 bits per heavy atom. The van der Waals surface area contributed by atoms with Gasteiger partial charge >= 0.3 is 0 Å². The van der Waals surface area contributed by atoms with Crippen molar-refractivity contribution in [2.24, 2.45) is 5.92 Å². The molecule has 0 saturated carbocycles. The van der Waals surface area contributed by atoms with Gasteiger partial charge in [0.1, 0.15) is 0 Å². The van der Waals surface area contributed by atoms with Crippen molar-refractivity contribution in [1.29, 1.82) is 0 Å². The summed E-state index contributed by atoms with van der Waals surface area (Å²) in [5.41, 5.74) is 0. The van der Waals surface area contributed by atoms with Crippen LogP contribution in [0.1, 0.15) is 12.8 Å². The van der Waals surface area contributed by atoms with Gasteiger partial charge in [0.25, 0.3) is 0 Å². The second-order valence-electron chi connectivity index (χ2n) is 4.37. The lowest BCUT2D eigenvalue weighted by Gasteiger charge is -2.35. The van der Waals surface area contributed by atoms with Crippen LogP contribution in [0, 0.1) is 5.92 Å². The Balaban J connectivity index is 1.67. The first-order valence-corrected chi connectivity index (χ1v) is 7.57. The Labute approximate surface area is 101 Å². The fraction of sp³-hybridized carbons (Fsp3) is 1.00. The van der Waals surface area contributed by atoms with Gasteiger partial charge in [0.15, 0.2) is 0 Å². The summed E-state index contributed by atoms with van der Waals surface area (Å²) >= 11 is 4.23. The number of ether oxygens (including phenoxy) is 1. The van der Waals surface area contributed by atoms with E-state index in [2.05, 4.69) is 20.9 Å². The SMILES string of the molecule is SSN1CCN(CC2CCOCC2)CC1. The molecule has 2 aliphatic rings. The van der Waals surface area contributed by atoms with Crippen LogP contribution < -0.4 is 0 Å². The molecule has 0 unspecified atom stereocenters. The van der Waals surface area contributed by atoms with Crippen molar-refractivity contribution < 1.29 is 4.74 Å². The number of rotatable bonds is 3. The van der Waals surface area contributed by atoms with Gasteiger partial charge < -0.3 is 9.64 Å². The van der Waals surface area contributed by atoms with Crippen LogP contribution >= 0.6 is 22.6 Å². The lowest BCUT2D eigenvalue weighted by atomic mass is 9.99. The number of piperazine rings is 1. The maximum atomic E-state index is 5.38. The van der Waals surface area contributed by atoms with Crippen LogP contribution in [-0.2, 0) is 4.74 Å². The normalized spacial score (nSPS) is 27.0. The molecule has 0 aliphatic carbocycles. The lowest BCUT2D eigenvalue weighted by Crippen LogP contribution is -2.45. The summed E-state index contributed by atoms with van der Waals surface area (Å²) in [4.78, 5) is 2.59. The van der Waals surface area contributed by atoms with E-state index in [-0.39, 0.29) is 0 Å². The quantitative estimate of drug-likeness (QED) is 0.463. The van der Waals surface area contributed by atoms with E-state index in [0.717, 1.165) is 32.2 Å². The topological polar surface area (TPSA) is 15.7 Å². The Bertz CT molecular complexity index is 180. The van der Waals surface area contributed by atoms with E-state index in [0.29, 0.717) is 0 Å². The van der Waals surface area contributed by atoms with Crippen molar-refractivity contribution in [3.63, 3.8) is 0 Å². The predicted molar refractivity (Wildman–Crippen MR) is 68.1 cm³/mol. The van der Waals surface area contributed by atoms with Crippen molar-refractivity contribution in [3.8, 4) is 0 Å². The molecule has 2 saturated heterocycles. The van der Waals surface area contributed by atoms with Gasteiger partial charge in [-0.15, -0.1) is 0 Å². The Hall–Kier alpha value is 0.580. The van der Waals surface area contributed by atoms with Gasteiger partial charge in [-0.3, -0.25) is 0 Å². The third kappa shape index (κ3) is 3.82. The molecule has 0 amide bonds. The molecule has 15 heavy (non-hydrogen) atoms. The van der Waals surface area contributed by atoms with Crippen LogP contribution in [0.25, 0.3) is 0 Å². The molecule has 0 spiro atoms. The molecule has 0 bridgehead atoms. The zero-order chi connectivity index (χ0) is 10.5. The van der Waals surface area contributed by atoms with Gasteiger partial charge in [-0.2, -0.15) is 0 Å². The van der Waals surface area contributed by atoms with Crippen molar-refractivity contribution in [1.82, 2.24) is 9.21 Å². The number of hydrogen-bond donors (Lipinski definition) is 1. The maximum Gasteiger partial charge on any atom is 0.0469 e. The fourth-order valence-electron chi connectivity index (χ4n) is 2.29. The second-order valence-corrected chi connectivity index (χ2v) is 5.54. The molecule has 0 radical (unpaired) electrons. The molecular formula is C10H20N2OS2. The average Bonchev–Trinajstić information content (AvgIpc) is 2.31. The first-order valence-electron chi connectivity index (χ1n) is 5.75. The number of thiol groups is 1. The Kier molecular flexibility index (Phi) is 5.10. The van der Waals surface area contributed by atoms with Gasteiger partial charge in [-0.05, 0) is 29.7 Å². The highest BCUT2D eigenvalue weighted by molar-refractivity contribution is 8.67. The molecule has 2 heterocycles. The van der Waals surface area contributed by atoms with Gasteiger partial charge in [0, 0.05) is 45.9 Å². The van der Waals surface area contributed by atoms with E-state index in [4.69, 9.17) is 4.74 Å². The van der Waals surface area contributed by atoms with Gasteiger partial charge in [0.05, 0.1) is 0 Å². The van der Waals surface area contributed by atoms with Crippen LogP contribution in [0.2, 0.25) is 0 Å². The molecule has 0 aromatic rings. The average molecular weight is 248 g/mol. The zero-order valence-corrected chi connectivity index (χ0v) is 10.8. The third-order valence-electron chi connectivity index (χ3n) is 3.30. The van der Waals surface area contributed by atoms with Crippen LogP contribution in [0.15, 0.2) is 0 Å². The fourth-order valence-corrected chi connectivity index (χ4v) is 3.10. The Morgan fingerprint density at radius 2 is 1.80 bits per heavy atom. The van der Waals surface area contributed by atoms with Crippen LogP contribution in [0.4, 0.5) is 0 Å². The minimum atomic E-state index is 0.869. The standard InChI is InChI=1S/C10H20N2OS2/c14-15-12-5-3-11(4-6-12)9-10-1-7-13-8-2-10/h10,14H,1-9H2. The summed E-state index contributed by atoms with van der Waals surface area (Å²) in [5, 5.41) is 0. The van der Waals surface area contributed by atoms with Crippen molar-refractivity contribution in [3.05, 3.63) is 0 Å². The molecule has 0 N–H and O–H groups in total. The van der Waals surface area contributed by atoms with E-state index in [1.165, 1.54) is 32.5 Å². The van der Waals surface area contributed by atoms with Gasteiger partial charge in [-0.1, -0.05) is 11.7 Å². The summed E-state index contributed by atoms with van der Waals surface area (Å²) in [7, 11) is 1.57. The third-order valence-corrected chi connectivity index (χ3v) is 4.59. The van der Waals surface area contributed by atoms with Crippen molar-refractivity contribution in [2.45, 2.75) is 12.8 Å². The minimum absolute atomic E-state index is 0.869. The molecule has 2 rings (SSSR count). The van der Waals surface area contributed by atoms with Crippen LogP contribution in [0.5, 0.6) is 0 Å². The van der Waals surface area contributed by atoms with Crippen LogP contribution in [0.3, 0.4) is 0 Å². The summed E-state index contributed by atoms with van der Waals surface area (Å²) in [5.74, 6) is 0.869. The first-order chi connectivity index (χ1) is 7.38. The number of hydrogen-bond acceptors (Lipinski definition) is 5. The largest absolute Gasteiger partial charge is 0.381 e. The van der Waals surface area contributed by atoms with E-state index in [1.54, 1.807) is 11.0 Å². The molecule has 0 aromatic carbocycles. The highest BCUT2D eigenvalue weighted by Gasteiger charge is 2.21. The minimum Gasteiger partial charge on any atom is -0.381 e. The maximum absolute atomic E-state index is 5.38. The van der Waals surface area contributed by atoms with E-state index >= 15 is 0 Å². The van der Waals surface area contributed by atoms with Crippen molar-refractivity contribution in [2.75, 3.05) is 45.9 Å². The smallest absolute Gasteiger partial charge is 0.0469 e. The van der Waals surface area contributed by atoms with Crippen LogP contribution in [-0.4, -0.2) is 55.1 Å². The molecule has 88 valence electrons. The molecule has 3 nitrogen and oxygen atoms in total. The van der Waals surface area contributed by atoms with E-state index < -0.39 is 0 Å². The zero-order valence-electron chi connectivity index (χ0n) is 9.10. The lowest BCUT2D eigenvalue weighted by molar-refractivity contribution is 0.0481. The molecule has 2 fully saturated rings. The second kappa shape index (κ2) is 6.35. The molecule has 2 aliphatic heterocycles. The summed E-state index contributed by atoms with van der Waals surface area (Å²) in [6, 6.07) is 0. The molecular weight excluding hydrogens is 228 g/mol.